The molecule has 2 rings (SSSR count). The topological polar surface area (TPSA) is 108 Å². The van der Waals surface area contributed by atoms with Crippen LogP contribution in [0.2, 0.25) is 0 Å². The minimum Gasteiger partial charge on any atom is -0.494 e. The largest absolute Gasteiger partial charge is 0.494 e. The molecule has 19 heavy (non-hydrogen) atoms. The lowest BCUT2D eigenvalue weighted by Crippen LogP contribution is -2.10. The lowest BCUT2D eigenvalue weighted by atomic mass is 10.3. The Morgan fingerprint density at radius 2 is 2.00 bits per heavy atom. The fraction of sp³-hybridized carbons (Fsp3) is 0.167. The van der Waals surface area contributed by atoms with Gasteiger partial charge in [-0.25, -0.2) is 5.84 Å². The Morgan fingerprint density at radius 3 is 2.74 bits per heavy atom. The summed E-state index contributed by atoms with van der Waals surface area (Å²) in [7, 11) is 0. The maximum atomic E-state index is 5.58. The van der Waals surface area contributed by atoms with Crippen LogP contribution in [0.25, 0.3) is 0 Å². The van der Waals surface area contributed by atoms with Crippen molar-refractivity contribution in [2.24, 2.45) is 5.84 Å². The minimum absolute atomic E-state index is 0.0754. The Labute approximate surface area is 110 Å². The average molecular weight is 261 g/mol. The number of nitrogen functional groups attached to an aromatic ring is 2. The van der Waals surface area contributed by atoms with Crippen LogP contribution in [0, 0.1) is 0 Å². The quantitative estimate of drug-likeness (QED) is 0.553. The first-order chi connectivity index (χ1) is 9.21. The Bertz CT molecular complexity index is 562. The van der Waals surface area contributed by atoms with Gasteiger partial charge in [0.1, 0.15) is 17.3 Å². The number of nitrogens with one attached hydrogen (secondary N) is 1. The first-order valence-electron chi connectivity index (χ1n) is 5.73. The molecule has 0 spiro atoms. The van der Waals surface area contributed by atoms with Gasteiger partial charge in [-0.2, -0.15) is 9.97 Å². The zero-order valence-corrected chi connectivity index (χ0v) is 10.5. The highest BCUT2D eigenvalue weighted by atomic mass is 16.5. The van der Waals surface area contributed by atoms with Crippen molar-refractivity contribution < 1.29 is 9.47 Å². The number of nitrogens with two attached hydrogens (primary N) is 2. The first-order valence-corrected chi connectivity index (χ1v) is 5.73. The first kappa shape index (κ1) is 12.9. The van der Waals surface area contributed by atoms with E-state index in [9.17, 15) is 0 Å². The Balaban J connectivity index is 2.20. The molecule has 0 saturated carbocycles. The van der Waals surface area contributed by atoms with Crippen molar-refractivity contribution in [3.63, 3.8) is 0 Å². The van der Waals surface area contributed by atoms with Gasteiger partial charge in [0.25, 0.3) is 0 Å². The third-order valence-corrected chi connectivity index (χ3v) is 2.21. The number of anilines is 2. The standard InChI is InChI=1S/C12H15N5O2/c1-2-18-8-4-3-5-9(6-8)19-11-7-10(17-14)15-12(13)16-11/h3-7H,2,14H2,1H3,(H3,13,15,16,17). The highest BCUT2D eigenvalue weighted by molar-refractivity contribution is 5.43. The number of rotatable bonds is 5. The molecule has 0 aliphatic heterocycles. The fourth-order valence-corrected chi connectivity index (χ4v) is 1.48. The second kappa shape index (κ2) is 5.87. The van der Waals surface area contributed by atoms with Gasteiger partial charge in [-0.15, -0.1) is 0 Å². The predicted molar refractivity (Wildman–Crippen MR) is 71.9 cm³/mol. The van der Waals surface area contributed by atoms with Crippen LogP contribution in [0.15, 0.2) is 30.3 Å². The van der Waals surface area contributed by atoms with E-state index in [4.69, 9.17) is 21.1 Å². The summed E-state index contributed by atoms with van der Waals surface area (Å²) in [5.41, 5.74) is 7.93. The van der Waals surface area contributed by atoms with Gasteiger partial charge < -0.3 is 20.6 Å². The van der Waals surface area contributed by atoms with Crippen LogP contribution in [-0.2, 0) is 0 Å². The lowest BCUT2D eigenvalue weighted by Gasteiger charge is -2.08. The van der Waals surface area contributed by atoms with E-state index >= 15 is 0 Å². The van der Waals surface area contributed by atoms with Crippen molar-refractivity contribution in [3.05, 3.63) is 30.3 Å². The molecule has 0 aliphatic carbocycles. The number of nitrogens with zero attached hydrogens (tertiary/aromatic N) is 2. The van der Waals surface area contributed by atoms with Gasteiger partial charge in [0.2, 0.25) is 11.8 Å². The van der Waals surface area contributed by atoms with Crippen molar-refractivity contribution >= 4 is 11.8 Å². The van der Waals surface area contributed by atoms with Crippen molar-refractivity contribution in [1.82, 2.24) is 9.97 Å². The normalized spacial score (nSPS) is 10.0. The van der Waals surface area contributed by atoms with E-state index in [-0.39, 0.29) is 5.95 Å². The Kier molecular flexibility index (Phi) is 3.99. The van der Waals surface area contributed by atoms with Crippen LogP contribution in [0.4, 0.5) is 11.8 Å². The Morgan fingerprint density at radius 1 is 1.21 bits per heavy atom. The molecular weight excluding hydrogens is 246 g/mol. The summed E-state index contributed by atoms with van der Waals surface area (Å²) < 4.78 is 11.0. The lowest BCUT2D eigenvalue weighted by molar-refractivity contribution is 0.338. The number of ether oxygens (including phenoxy) is 2. The Hall–Kier alpha value is -2.54. The number of hydrogen-bond acceptors (Lipinski definition) is 7. The summed E-state index contributed by atoms with van der Waals surface area (Å²) in [4.78, 5) is 7.83. The molecular formula is C12H15N5O2. The SMILES string of the molecule is CCOc1cccc(Oc2cc(NN)nc(N)n2)c1. The molecule has 0 saturated heterocycles. The molecule has 1 aromatic carbocycles. The van der Waals surface area contributed by atoms with Crippen LogP contribution >= 0.6 is 0 Å². The van der Waals surface area contributed by atoms with Crippen LogP contribution < -0.4 is 26.5 Å². The number of aromatic nitrogens is 2. The molecule has 7 heteroatoms. The third-order valence-electron chi connectivity index (χ3n) is 2.21. The van der Waals surface area contributed by atoms with Gasteiger partial charge in [0.15, 0.2) is 0 Å². The number of hydrazine groups is 1. The molecule has 0 amide bonds. The summed E-state index contributed by atoms with van der Waals surface area (Å²) in [5.74, 6) is 7.34. The summed E-state index contributed by atoms with van der Waals surface area (Å²) >= 11 is 0. The van der Waals surface area contributed by atoms with E-state index in [1.54, 1.807) is 18.2 Å². The zero-order chi connectivity index (χ0) is 13.7. The van der Waals surface area contributed by atoms with Gasteiger partial charge in [0, 0.05) is 12.1 Å². The minimum atomic E-state index is 0.0754. The summed E-state index contributed by atoms with van der Waals surface area (Å²) in [5, 5.41) is 0. The molecule has 0 unspecified atom stereocenters. The molecule has 0 aliphatic rings. The van der Waals surface area contributed by atoms with E-state index in [1.165, 1.54) is 0 Å². The van der Waals surface area contributed by atoms with Crippen molar-refractivity contribution in [2.75, 3.05) is 17.8 Å². The zero-order valence-electron chi connectivity index (χ0n) is 10.5. The molecule has 1 heterocycles. The molecule has 0 radical (unpaired) electrons. The maximum Gasteiger partial charge on any atom is 0.226 e. The van der Waals surface area contributed by atoms with Crippen LogP contribution in [0.3, 0.4) is 0 Å². The predicted octanol–water partition coefficient (Wildman–Crippen LogP) is 1.54. The third kappa shape index (κ3) is 3.46. The number of benzene rings is 1. The van der Waals surface area contributed by atoms with Gasteiger partial charge >= 0.3 is 0 Å². The highest BCUT2D eigenvalue weighted by Crippen LogP contribution is 2.25. The smallest absolute Gasteiger partial charge is 0.226 e. The fourth-order valence-electron chi connectivity index (χ4n) is 1.48. The molecule has 1 aromatic heterocycles. The summed E-state index contributed by atoms with van der Waals surface area (Å²) in [6.07, 6.45) is 0. The average Bonchev–Trinajstić information content (AvgIpc) is 2.39. The van der Waals surface area contributed by atoms with E-state index in [2.05, 4.69) is 15.4 Å². The number of hydrogen-bond donors (Lipinski definition) is 3. The molecule has 7 nitrogen and oxygen atoms in total. The van der Waals surface area contributed by atoms with Gasteiger partial charge in [-0.05, 0) is 19.1 Å². The molecule has 0 bridgehead atoms. The van der Waals surface area contributed by atoms with Crippen LogP contribution in [0.1, 0.15) is 6.92 Å². The molecule has 100 valence electrons. The van der Waals surface area contributed by atoms with Gasteiger partial charge in [-0.1, -0.05) is 6.07 Å². The van der Waals surface area contributed by atoms with Crippen molar-refractivity contribution in [2.45, 2.75) is 6.92 Å². The van der Waals surface area contributed by atoms with E-state index in [1.807, 2.05) is 19.1 Å². The summed E-state index contributed by atoms with van der Waals surface area (Å²) in [6, 6.07) is 8.77. The molecule has 2 aromatic rings. The maximum absolute atomic E-state index is 5.58. The molecule has 0 atom stereocenters. The molecule has 0 fully saturated rings. The molecule has 5 N–H and O–H groups in total. The van der Waals surface area contributed by atoms with Crippen molar-refractivity contribution in [3.8, 4) is 17.4 Å². The van der Waals surface area contributed by atoms with Crippen LogP contribution in [-0.4, -0.2) is 16.6 Å². The second-order valence-electron chi connectivity index (χ2n) is 3.60. The highest BCUT2D eigenvalue weighted by Gasteiger charge is 2.05. The van der Waals surface area contributed by atoms with E-state index in [0.29, 0.717) is 24.1 Å². The summed E-state index contributed by atoms with van der Waals surface area (Å²) in [6.45, 7) is 2.50. The van der Waals surface area contributed by atoms with E-state index < -0.39 is 0 Å². The van der Waals surface area contributed by atoms with Crippen LogP contribution in [0.5, 0.6) is 17.4 Å². The van der Waals surface area contributed by atoms with Crippen molar-refractivity contribution in [1.29, 1.82) is 0 Å². The van der Waals surface area contributed by atoms with E-state index in [0.717, 1.165) is 5.75 Å². The second-order valence-corrected chi connectivity index (χ2v) is 3.60. The van der Waals surface area contributed by atoms with Gasteiger partial charge in [-0.3, -0.25) is 0 Å². The van der Waals surface area contributed by atoms with Gasteiger partial charge in [0.05, 0.1) is 6.61 Å². The monoisotopic (exact) mass is 261 g/mol.